The number of furan rings is 1. The summed E-state index contributed by atoms with van der Waals surface area (Å²) in [6.07, 6.45) is 0.0685. The molecule has 0 aliphatic carbocycles. The number of benzene rings is 2. The summed E-state index contributed by atoms with van der Waals surface area (Å²) in [4.78, 5) is 36.7. The predicted molar refractivity (Wildman–Crippen MR) is 120 cm³/mol. The van der Waals surface area contributed by atoms with Crippen molar-refractivity contribution in [2.45, 2.75) is 37.9 Å². The fraction of sp³-hybridized carbons (Fsp3) is 0.261. The standard InChI is InChI=1S/C23H26N4O5/c24-20(25)11-10-17(27-23(31)19-13-15-6-2-4-8-18(15)32-19)22(30)26-16-7-3-1-5-14(16)9-12-21(28)29/h1-8,13,17,20H,9-12,24-25H2,(H,26,30)(H,27,31)(H,28,29)/t17-/m0/s1. The lowest BCUT2D eigenvalue weighted by atomic mass is 10.1. The summed E-state index contributed by atoms with van der Waals surface area (Å²) in [6, 6.07) is 14.8. The zero-order valence-corrected chi connectivity index (χ0v) is 17.4. The van der Waals surface area contributed by atoms with Crippen LogP contribution in [0.5, 0.6) is 0 Å². The van der Waals surface area contributed by atoms with Crippen molar-refractivity contribution in [3.63, 3.8) is 0 Å². The highest BCUT2D eigenvalue weighted by molar-refractivity contribution is 6.01. The normalized spacial score (nSPS) is 12.0. The Kier molecular flexibility index (Phi) is 7.58. The number of carbonyl (C=O) groups is 3. The molecule has 3 aromatic rings. The Bertz CT molecular complexity index is 1080. The number of anilines is 1. The number of carboxylic acid groups (broad SMARTS) is 1. The number of hydrogen-bond acceptors (Lipinski definition) is 6. The van der Waals surface area contributed by atoms with E-state index in [0.717, 1.165) is 5.39 Å². The van der Waals surface area contributed by atoms with E-state index in [1.807, 2.05) is 12.1 Å². The third-order valence-electron chi connectivity index (χ3n) is 4.94. The minimum Gasteiger partial charge on any atom is -0.481 e. The second-order valence-corrected chi connectivity index (χ2v) is 7.46. The molecular formula is C23H26N4O5. The molecule has 1 aromatic heterocycles. The van der Waals surface area contributed by atoms with Crippen molar-refractivity contribution >= 4 is 34.4 Å². The quantitative estimate of drug-likeness (QED) is 0.303. The van der Waals surface area contributed by atoms with E-state index in [1.54, 1.807) is 42.5 Å². The molecule has 0 bridgehead atoms. The molecule has 9 heteroatoms. The molecule has 0 radical (unpaired) electrons. The number of nitrogens with two attached hydrogens (primary N) is 2. The molecule has 0 saturated carbocycles. The van der Waals surface area contributed by atoms with E-state index in [4.69, 9.17) is 21.0 Å². The highest BCUT2D eigenvalue weighted by Gasteiger charge is 2.24. The molecule has 0 spiro atoms. The van der Waals surface area contributed by atoms with Crippen LogP contribution in [0, 0.1) is 0 Å². The number of nitrogens with one attached hydrogen (secondary N) is 2. The van der Waals surface area contributed by atoms with E-state index in [9.17, 15) is 14.4 Å². The SMILES string of the molecule is NC(N)CC[C@H](NC(=O)c1cc2ccccc2o1)C(=O)Nc1ccccc1CCC(=O)O. The topological polar surface area (TPSA) is 161 Å². The number of fused-ring (bicyclic) bond motifs is 1. The van der Waals surface area contributed by atoms with Gasteiger partial charge in [0.25, 0.3) is 5.91 Å². The summed E-state index contributed by atoms with van der Waals surface area (Å²) in [7, 11) is 0. The van der Waals surface area contributed by atoms with Crippen molar-refractivity contribution in [2.24, 2.45) is 11.5 Å². The van der Waals surface area contributed by atoms with Crippen LogP contribution in [0.4, 0.5) is 5.69 Å². The minimum atomic E-state index is -0.931. The Morgan fingerprint density at radius 2 is 1.72 bits per heavy atom. The molecule has 1 heterocycles. The summed E-state index contributed by atoms with van der Waals surface area (Å²) >= 11 is 0. The van der Waals surface area contributed by atoms with Crippen molar-refractivity contribution < 1.29 is 23.9 Å². The number of aliphatic carboxylic acids is 1. The number of para-hydroxylation sites is 2. The molecule has 7 N–H and O–H groups in total. The van der Waals surface area contributed by atoms with E-state index in [2.05, 4.69) is 10.6 Å². The number of hydrogen-bond donors (Lipinski definition) is 5. The zero-order chi connectivity index (χ0) is 23.1. The van der Waals surface area contributed by atoms with Gasteiger partial charge in [-0.15, -0.1) is 0 Å². The van der Waals surface area contributed by atoms with E-state index >= 15 is 0 Å². The number of carbonyl (C=O) groups excluding carboxylic acids is 2. The molecule has 3 rings (SSSR count). The van der Waals surface area contributed by atoms with Crippen molar-refractivity contribution in [1.82, 2.24) is 5.32 Å². The first-order valence-electron chi connectivity index (χ1n) is 10.2. The smallest absolute Gasteiger partial charge is 0.303 e. The predicted octanol–water partition coefficient (Wildman–Crippen LogP) is 2.21. The summed E-state index contributed by atoms with van der Waals surface area (Å²) < 4.78 is 5.58. The number of aryl methyl sites for hydroxylation is 1. The number of rotatable bonds is 10. The van der Waals surface area contributed by atoms with Crippen molar-refractivity contribution in [3.8, 4) is 0 Å². The van der Waals surface area contributed by atoms with Gasteiger partial charge in [-0.1, -0.05) is 36.4 Å². The van der Waals surface area contributed by atoms with Gasteiger partial charge in [0.15, 0.2) is 5.76 Å². The fourth-order valence-corrected chi connectivity index (χ4v) is 3.27. The molecule has 0 fully saturated rings. The molecule has 168 valence electrons. The molecule has 0 aliphatic heterocycles. The first-order valence-corrected chi connectivity index (χ1v) is 10.2. The highest BCUT2D eigenvalue weighted by atomic mass is 16.4. The van der Waals surface area contributed by atoms with E-state index in [1.165, 1.54) is 0 Å². The lowest BCUT2D eigenvalue weighted by Crippen LogP contribution is -2.45. The van der Waals surface area contributed by atoms with Crippen LogP contribution in [0.1, 0.15) is 35.4 Å². The van der Waals surface area contributed by atoms with Crippen LogP contribution in [-0.4, -0.2) is 35.1 Å². The van der Waals surface area contributed by atoms with Gasteiger partial charge in [0.1, 0.15) is 11.6 Å². The second-order valence-electron chi connectivity index (χ2n) is 7.46. The summed E-state index contributed by atoms with van der Waals surface area (Å²) in [5, 5.41) is 15.2. The van der Waals surface area contributed by atoms with Gasteiger partial charge in [0, 0.05) is 17.5 Å². The first-order chi connectivity index (χ1) is 15.3. The highest BCUT2D eigenvalue weighted by Crippen LogP contribution is 2.20. The van der Waals surface area contributed by atoms with Gasteiger partial charge in [-0.2, -0.15) is 0 Å². The van der Waals surface area contributed by atoms with Crippen molar-refractivity contribution in [2.75, 3.05) is 5.32 Å². The summed E-state index contributed by atoms with van der Waals surface area (Å²) in [5.41, 5.74) is 13.0. The Balaban J connectivity index is 1.75. The summed E-state index contributed by atoms with van der Waals surface area (Å²) in [5.74, 6) is -1.84. The van der Waals surface area contributed by atoms with Crippen LogP contribution in [0.3, 0.4) is 0 Å². The molecule has 9 nitrogen and oxygen atoms in total. The molecule has 2 aromatic carbocycles. The van der Waals surface area contributed by atoms with Crippen LogP contribution in [-0.2, 0) is 16.0 Å². The second kappa shape index (κ2) is 10.6. The van der Waals surface area contributed by atoms with Crippen molar-refractivity contribution in [1.29, 1.82) is 0 Å². The van der Waals surface area contributed by atoms with E-state index in [-0.39, 0.29) is 25.0 Å². The number of amides is 2. The van der Waals surface area contributed by atoms with Gasteiger partial charge >= 0.3 is 5.97 Å². The van der Waals surface area contributed by atoms with Gasteiger partial charge in [0.2, 0.25) is 5.91 Å². The molecule has 32 heavy (non-hydrogen) atoms. The molecule has 0 saturated heterocycles. The Morgan fingerprint density at radius 3 is 2.44 bits per heavy atom. The molecular weight excluding hydrogens is 412 g/mol. The number of carboxylic acids is 1. The van der Waals surface area contributed by atoms with Crippen LogP contribution < -0.4 is 22.1 Å². The van der Waals surface area contributed by atoms with E-state index < -0.39 is 30.0 Å². The fourth-order valence-electron chi connectivity index (χ4n) is 3.27. The van der Waals surface area contributed by atoms with Crippen molar-refractivity contribution in [3.05, 3.63) is 65.9 Å². The molecule has 1 atom stereocenters. The summed E-state index contributed by atoms with van der Waals surface area (Å²) in [6.45, 7) is 0. The van der Waals surface area contributed by atoms with Gasteiger partial charge in [-0.05, 0) is 43.0 Å². The maximum atomic E-state index is 13.0. The third-order valence-corrected chi connectivity index (χ3v) is 4.94. The molecule has 0 unspecified atom stereocenters. The Morgan fingerprint density at radius 1 is 1.00 bits per heavy atom. The third kappa shape index (κ3) is 6.16. The van der Waals surface area contributed by atoms with Gasteiger partial charge in [0.05, 0.1) is 6.17 Å². The lowest BCUT2D eigenvalue weighted by molar-refractivity contribution is -0.137. The van der Waals surface area contributed by atoms with Crippen LogP contribution in [0.15, 0.2) is 59.0 Å². The molecule has 0 aliphatic rings. The largest absolute Gasteiger partial charge is 0.481 e. The van der Waals surface area contributed by atoms with E-state index in [0.29, 0.717) is 23.3 Å². The minimum absolute atomic E-state index is 0.0683. The average Bonchev–Trinajstić information content (AvgIpc) is 3.20. The zero-order valence-electron chi connectivity index (χ0n) is 17.4. The Hall–Kier alpha value is -3.69. The maximum absolute atomic E-state index is 13.0. The maximum Gasteiger partial charge on any atom is 0.303 e. The van der Waals surface area contributed by atoms with Crippen LogP contribution in [0.25, 0.3) is 11.0 Å². The van der Waals surface area contributed by atoms with Gasteiger partial charge < -0.3 is 31.6 Å². The molecule has 2 amide bonds. The Labute approximate surface area is 184 Å². The van der Waals surface area contributed by atoms with Crippen LogP contribution >= 0.6 is 0 Å². The van der Waals surface area contributed by atoms with Gasteiger partial charge in [-0.3, -0.25) is 14.4 Å². The average molecular weight is 438 g/mol. The first kappa shape index (κ1) is 23.0. The lowest BCUT2D eigenvalue weighted by Gasteiger charge is -2.20. The van der Waals surface area contributed by atoms with Crippen LogP contribution in [0.2, 0.25) is 0 Å². The monoisotopic (exact) mass is 438 g/mol. The van der Waals surface area contributed by atoms with Gasteiger partial charge in [-0.25, -0.2) is 0 Å².